The van der Waals surface area contributed by atoms with Gasteiger partial charge in [0.15, 0.2) is 0 Å². The minimum absolute atomic E-state index is 0. The summed E-state index contributed by atoms with van der Waals surface area (Å²) in [6.07, 6.45) is 1.69. The molecule has 6 nitrogen and oxygen atoms in total. The second kappa shape index (κ2) is 7.00. The first kappa shape index (κ1) is 12.6. The summed E-state index contributed by atoms with van der Waals surface area (Å²) in [6, 6.07) is 1.78. The van der Waals surface area contributed by atoms with Gasteiger partial charge in [-0.05, 0) is 13.0 Å². The lowest BCUT2D eigenvalue weighted by Crippen LogP contribution is -2.02. The Morgan fingerprint density at radius 2 is 2.09 bits per heavy atom. The number of hydrogen-bond acceptors (Lipinski definition) is 4. The van der Waals surface area contributed by atoms with Gasteiger partial charge in [0.2, 0.25) is 0 Å². The fourth-order valence-corrected chi connectivity index (χ4v) is 0.607. The van der Waals surface area contributed by atoms with Crippen LogP contribution in [0, 0.1) is 0 Å². The van der Waals surface area contributed by atoms with Crippen LogP contribution in [0.1, 0.15) is 6.92 Å². The van der Waals surface area contributed by atoms with E-state index in [2.05, 4.69) is 16.8 Å². The molecule has 8 N–H and O–H groups in total. The zero-order valence-corrected chi connectivity index (χ0v) is 6.49. The van der Waals surface area contributed by atoms with Gasteiger partial charge in [0.1, 0.15) is 5.82 Å². The molecular formula is C5H15N5O. The predicted molar refractivity (Wildman–Crippen MR) is 44.3 cm³/mol. The second-order valence-electron chi connectivity index (χ2n) is 1.57. The van der Waals surface area contributed by atoms with Crippen LogP contribution in [-0.2, 0) is 6.54 Å². The maximum Gasteiger partial charge on any atom is 0.121 e. The molecular weight excluding hydrogens is 146 g/mol. The van der Waals surface area contributed by atoms with E-state index in [-0.39, 0.29) is 5.48 Å². The number of hydrogen-bond donors (Lipinski definition) is 3. The molecule has 1 aromatic heterocycles. The van der Waals surface area contributed by atoms with Crippen molar-refractivity contribution in [3.8, 4) is 0 Å². The average Bonchev–Trinajstić information content (AvgIpc) is 2.39. The van der Waals surface area contributed by atoms with Crippen molar-refractivity contribution in [1.82, 2.24) is 9.78 Å². The van der Waals surface area contributed by atoms with Crippen molar-refractivity contribution in [2.24, 2.45) is 11.7 Å². The fraction of sp³-hybridized carbons (Fsp3) is 0.400. The first-order valence-corrected chi connectivity index (χ1v) is 2.95. The summed E-state index contributed by atoms with van der Waals surface area (Å²) >= 11 is 0. The van der Waals surface area contributed by atoms with E-state index in [0.717, 1.165) is 12.4 Å². The van der Waals surface area contributed by atoms with E-state index < -0.39 is 0 Å². The third-order valence-corrected chi connectivity index (χ3v) is 1.05. The molecule has 0 fully saturated rings. The van der Waals surface area contributed by atoms with E-state index in [1.54, 1.807) is 16.9 Å². The molecule has 1 heterocycles. The maximum absolute atomic E-state index is 5.45. The second-order valence-corrected chi connectivity index (χ2v) is 1.57. The van der Waals surface area contributed by atoms with Gasteiger partial charge in [0, 0.05) is 6.54 Å². The van der Waals surface area contributed by atoms with E-state index in [1.165, 1.54) is 0 Å². The number of aromatic nitrogens is 2. The van der Waals surface area contributed by atoms with Crippen LogP contribution in [0.2, 0.25) is 0 Å². The summed E-state index contributed by atoms with van der Waals surface area (Å²) < 4.78 is 1.74. The summed E-state index contributed by atoms with van der Waals surface area (Å²) in [6.45, 7) is 2.85. The zero-order valence-electron chi connectivity index (χ0n) is 6.49. The van der Waals surface area contributed by atoms with Gasteiger partial charge in [0.25, 0.3) is 0 Å². The van der Waals surface area contributed by atoms with Gasteiger partial charge < -0.3 is 11.2 Å². The van der Waals surface area contributed by atoms with Crippen LogP contribution < -0.4 is 17.4 Å². The largest absolute Gasteiger partial charge is 0.412 e. The molecule has 6 heteroatoms. The quantitative estimate of drug-likeness (QED) is 0.341. The number of hydrazine groups is 1. The molecule has 0 amide bonds. The molecule has 1 rings (SSSR count). The summed E-state index contributed by atoms with van der Waals surface area (Å²) in [5.41, 5.74) is 5.45. The van der Waals surface area contributed by atoms with Crippen molar-refractivity contribution in [2.45, 2.75) is 13.5 Å². The molecule has 1 aromatic rings. The number of nitrogens with zero attached hydrogens (tertiary/aromatic N) is 2. The molecule has 11 heavy (non-hydrogen) atoms. The summed E-state index contributed by atoms with van der Waals surface area (Å²) in [4.78, 5) is 0. The van der Waals surface area contributed by atoms with Crippen LogP contribution in [-0.4, -0.2) is 15.3 Å². The van der Waals surface area contributed by atoms with Gasteiger partial charge in [0.05, 0.1) is 6.20 Å². The Labute approximate surface area is 65.2 Å². The number of anilines is 1. The van der Waals surface area contributed by atoms with Crippen LogP contribution in [0.4, 0.5) is 5.82 Å². The number of rotatable bonds is 1. The molecule has 66 valence electrons. The van der Waals surface area contributed by atoms with Gasteiger partial charge in [-0.3, -0.25) is 16.4 Å². The van der Waals surface area contributed by atoms with Crippen LogP contribution in [0.3, 0.4) is 0 Å². The van der Waals surface area contributed by atoms with Crippen molar-refractivity contribution < 1.29 is 5.48 Å². The molecule has 0 saturated carbocycles. The SMILES string of the molecule is CCn1nccc1N.NN.O. The van der Waals surface area contributed by atoms with E-state index in [9.17, 15) is 0 Å². The van der Waals surface area contributed by atoms with E-state index in [0.29, 0.717) is 0 Å². The average molecular weight is 161 g/mol. The number of nitrogens with two attached hydrogens (primary N) is 3. The van der Waals surface area contributed by atoms with Gasteiger partial charge in [-0.25, -0.2) is 0 Å². The summed E-state index contributed by atoms with van der Waals surface area (Å²) in [5.74, 6) is 8.73. The molecule has 0 aromatic carbocycles. The third kappa shape index (κ3) is 3.56. The lowest BCUT2D eigenvalue weighted by molar-refractivity contribution is 0.670. The van der Waals surface area contributed by atoms with Crippen LogP contribution in [0.25, 0.3) is 0 Å². The molecule has 0 aliphatic heterocycles. The minimum Gasteiger partial charge on any atom is -0.412 e. The van der Waals surface area contributed by atoms with Crippen molar-refractivity contribution in [1.29, 1.82) is 0 Å². The minimum atomic E-state index is 0. The highest BCUT2D eigenvalue weighted by Gasteiger charge is 1.89. The van der Waals surface area contributed by atoms with Crippen LogP contribution in [0.15, 0.2) is 12.3 Å². The first-order valence-electron chi connectivity index (χ1n) is 2.95. The topological polar surface area (TPSA) is 127 Å². The Balaban J connectivity index is 0. The molecule has 0 radical (unpaired) electrons. The lowest BCUT2D eigenvalue weighted by atomic mass is 10.6. The van der Waals surface area contributed by atoms with Crippen molar-refractivity contribution >= 4 is 5.82 Å². The van der Waals surface area contributed by atoms with Crippen molar-refractivity contribution in [2.75, 3.05) is 5.73 Å². The zero-order chi connectivity index (χ0) is 7.98. The third-order valence-electron chi connectivity index (χ3n) is 1.05. The molecule has 0 bridgehead atoms. The smallest absolute Gasteiger partial charge is 0.121 e. The Morgan fingerprint density at radius 1 is 1.55 bits per heavy atom. The highest BCUT2D eigenvalue weighted by atomic mass is 16.0. The standard InChI is InChI=1S/C5H9N3.H4N2.H2O/c1-2-8-5(6)3-4-7-8;1-2;/h3-4H,2,6H2,1H3;1-2H2;1H2. The lowest BCUT2D eigenvalue weighted by Gasteiger charge is -1.94. The highest BCUT2D eigenvalue weighted by Crippen LogP contribution is 1.96. The molecule has 0 aliphatic rings. The predicted octanol–water partition coefficient (Wildman–Crippen LogP) is -1.52. The summed E-state index contributed by atoms with van der Waals surface area (Å²) in [5, 5.41) is 3.93. The Bertz CT molecular complexity index is 175. The van der Waals surface area contributed by atoms with Crippen molar-refractivity contribution in [3.63, 3.8) is 0 Å². The van der Waals surface area contributed by atoms with Crippen molar-refractivity contribution in [3.05, 3.63) is 12.3 Å². The fourth-order valence-electron chi connectivity index (χ4n) is 0.607. The van der Waals surface area contributed by atoms with Gasteiger partial charge in [-0.15, -0.1) is 0 Å². The number of aryl methyl sites for hydroxylation is 1. The molecule has 0 atom stereocenters. The molecule has 0 unspecified atom stereocenters. The van der Waals surface area contributed by atoms with E-state index in [1.807, 2.05) is 6.92 Å². The Hall–Kier alpha value is -1.11. The van der Waals surface area contributed by atoms with E-state index >= 15 is 0 Å². The van der Waals surface area contributed by atoms with Gasteiger partial charge in [-0.2, -0.15) is 5.10 Å². The summed E-state index contributed by atoms with van der Waals surface area (Å²) in [7, 11) is 0. The number of nitrogen functional groups attached to an aromatic ring is 1. The molecule has 0 saturated heterocycles. The van der Waals surface area contributed by atoms with Gasteiger partial charge in [-0.1, -0.05) is 0 Å². The first-order chi connectivity index (χ1) is 4.84. The monoisotopic (exact) mass is 161 g/mol. The highest BCUT2D eigenvalue weighted by molar-refractivity contribution is 5.25. The maximum atomic E-state index is 5.45. The normalized spacial score (nSPS) is 7.55. The Kier molecular flexibility index (Phi) is 7.99. The molecule has 0 spiro atoms. The Morgan fingerprint density at radius 3 is 2.27 bits per heavy atom. The van der Waals surface area contributed by atoms with E-state index in [4.69, 9.17) is 5.73 Å². The van der Waals surface area contributed by atoms with Gasteiger partial charge >= 0.3 is 0 Å². The van der Waals surface area contributed by atoms with Crippen LogP contribution >= 0.6 is 0 Å². The van der Waals surface area contributed by atoms with Crippen LogP contribution in [0.5, 0.6) is 0 Å². The molecule has 0 aliphatic carbocycles.